The zero-order valence-electron chi connectivity index (χ0n) is 11.0. The number of carbonyl (C=O) groups is 1. The average Bonchev–Trinajstić information content (AvgIpc) is 2.46. The van der Waals surface area contributed by atoms with E-state index in [-0.39, 0.29) is 5.78 Å². The molecule has 0 heterocycles. The molecule has 0 unspecified atom stereocenters. The molecule has 19 heavy (non-hydrogen) atoms. The predicted molar refractivity (Wildman–Crippen MR) is 76.7 cm³/mol. The van der Waals surface area contributed by atoms with Crippen LogP contribution in [0.4, 0.5) is 0 Å². The summed E-state index contributed by atoms with van der Waals surface area (Å²) in [5.74, 6) is 1.02. The zero-order chi connectivity index (χ0) is 13.2. The van der Waals surface area contributed by atoms with Crippen molar-refractivity contribution < 1.29 is 9.53 Å². The number of fused-ring (bicyclic) bond motifs is 1. The van der Waals surface area contributed by atoms with Gasteiger partial charge in [0.1, 0.15) is 5.76 Å². The smallest absolute Gasteiger partial charge is 0.166 e. The second-order valence-corrected chi connectivity index (χ2v) is 4.84. The van der Waals surface area contributed by atoms with Gasteiger partial charge in [0.2, 0.25) is 0 Å². The number of ether oxygens (including phenoxy) is 1. The molecule has 0 saturated heterocycles. The van der Waals surface area contributed by atoms with E-state index in [0.29, 0.717) is 6.42 Å². The van der Waals surface area contributed by atoms with Crippen LogP contribution < -0.4 is 0 Å². The SMILES string of the molecule is COC1=C(c2ccc3ccccc3c2)C(=O)CCC1. The van der Waals surface area contributed by atoms with Gasteiger partial charge in [0, 0.05) is 12.8 Å². The van der Waals surface area contributed by atoms with Gasteiger partial charge in [-0.3, -0.25) is 4.79 Å². The van der Waals surface area contributed by atoms with Crippen molar-refractivity contribution in [3.05, 3.63) is 53.8 Å². The molecule has 0 amide bonds. The van der Waals surface area contributed by atoms with Crippen molar-refractivity contribution in [2.24, 2.45) is 0 Å². The van der Waals surface area contributed by atoms with Crippen LogP contribution in [0, 0.1) is 0 Å². The highest BCUT2D eigenvalue weighted by molar-refractivity contribution is 6.22. The number of hydrogen-bond donors (Lipinski definition) is 0. The minimum absolute atomic E-state index is 0.193. The van der Waals surface area contributed by atoms with Crippen molar-refractivity contribution in [1.29, 1.82) is 0 Å². The lowest BCUT2D eigenvalue weighted by atomic mass is 9.90. The first-order valence-electron chi connectivity index (χ1n) is 6.59. The van der Waals surface area contributed by atoms with Gasteiger partial charge in [0.05, 0.1) is 12.7 Å². The average molecular weight is 252 g/mol. The third-order valence-electron chi connectivity index (χ3n) is 3.65. The summed E-state index contributed by atoms with van der Waals surface area (Å²) in [5.41, 5.74) is 1.74. The van der Waals surface area contributed by atoms with E-state index in [0.717, 1.165) is 35.1 Å². The van der Waals surface area contributed by atoms with Gasteiger partial charge in [-0.15, -0.1) is 0 Å². The monoisotopic (exact) mass is 252 g/mol. The Hall–Kier alpha value is -2.09. The number of rotatable bonds is 2. The molecule has 1 aliphatic rings. The summed E-state index contributed by atoms with van der Waals surface area (Å²) in [6, 6.07) is 14.3. The normalized spacial score (nSPS) is 15.9. The topological polar surface area (TPSA) is 26.3 Å². The molecule has 2 heteroatoms. The molecule has 2 aromatic rings. The van der Waals surface area contributed by atoms with Crippen LogP contribution in [-0.2, 0) is 9.53 Å². The van der Waals surface area contributed by atoms with Crippen LogP contribution in [0.3, 0.4) is 0 Å². The molecule has 0 aliphatic heterocycles. The van der Waals surface area contributed by atoms with Gasteiger partial charge in [-0.25, -0.2) is 0 Å². The van der Waals surface area contributed by atoms with Gasteiger partial charge < -0.3 is 4.74 Å². The molecule has 0 atom stereocenters. The van der Waals surface area contributed by atoms with Crippen LogP contribution in [0.5, 0.6) is 0 Å². The standard InChI is InChI=1S/C17H16O2/c1-19-16-8-4-7-15(18)17(16)14-10-9-12-5-2-3-6-13(12)11-14/h2-3,5-6,9-11H,4,7-8H2,1H3. The third-order valence-corrected chi connectivity index (χ3v) is 3.65. The van der Waals surface area contributed by atoms with Crippen molar-refractivity contribution in [3.63, 3.8) is 0 Å². The lowest BCUT2D eigenvalue weighted by Gasteiger charge is -2.18. The summed E-state index contributed by atoms with van der Waals surface area (Å²) < 4.78 is 5.40. The molecule has 3 rings (SSSR count). The van der Waals surface area contributed by atoms with E-state index in [1.165, 1.54) is 5.39 Å². The minimum Gasteiger partial charge on any atom is -0.500 e. The lowest BCUT2D eigenvalue weighted by molar-refractivity contribution is -0.114. The number of allylic oxidation sites excluding steroid dienone is 2. The molecule has 0 spiro atoms. The number of hydrogen-bond acceptors (Lipinski definition) is 2. The largest absolute Gasteiger partial charge is 0.500 e. The van der Waals surface area contributed by atoms with E-state index >= 15 is 0 Å². The highest BCUT2D eigenvalue weighted by Gasteiger charge is 2.22. The molecular formula is C17H16O2. The summed E-state index contributed by atoms with van der Waals surface area (Å²) in [6.07, 6.45) is 2.36. The second kappa shape index (κ2) is 4.88. The van der Waals surface area contributed by atoms with Gasteiger partial charge in [-0.05, 0) is 28.8 Å². The van der Waals surface area contributed by atoms with Gasteiger partial charge >= 0.3 is 0 Å². The maximum atomic E-state index is 12.2. The van der Waals surface area contributed by atoms with Crippen molar-refractivity contribution in [2.75, 3.05) is 7.11 Å². The molecule has 0 radical (unpaired) electrons. The van der Waals surface area contributed by atoms with Gasteiger partial charge in [0.15, 0.2) is 5.78 Å². The highest BCUT2D eigenvalue weighted by atomic mass is 16.5. The summed E-state index contributed by atoms with van der Waals surface area (Å²) in [4.78, 5) is 12.2. The fourth-order valence-electron chi connectivity index (χ4n) is 2.69. The molecule has 1 aliphatic carbocycles. The first kappa shape index (κ1) is 12.0. The van der Waals surface area contributed by atoms with E-state index in [1.807, 2.05) is 18.2 Å². The van der Waals surface area contributed by atoms with Crippen molar-refractivity contribution in [1.82, 2.24) is 0 Å². The molecule has 2 nitrogen and oxygen atoms in total. The Kier molecular flexibility index (Phi) is 3.08. The van der Waals surface area contributed by atoms with Crippen molar-refractivity contribution in [3.8, 4) is 0 Å². The van der Waals surface area contributed by atoms with E-state index in [9.17, 15) is 4.79 Å². The van der Waals surface area contributed by atoms with Gasteiger partial charge in [0.25, 0.3) is 0 Å². The first-order valence-corrected chi connectivity index (χ1v) is 6.59. The molecule has 0 fully saturated rings. The summed E-state index contributed by atoms with van der Waals surface area (Å²) in [6.45, 7) is 0. The Morgan fingerprint density at radius 3 is 2.58 bits per heavy atom. The first-order chi connectivity index (χ1) is 9.29. The summed E-state index contributed by atoms with van der Waals surface area (Å²) >= 11 is 0. The number of Topliss-reactive ketones (excluding diaryl/α,β-unsaturated/α-hetero) is 1. The van der Waals surface area contributed by atoms with Crippen molar-refractivity contribution in [2.45, 2.75) is 19.3 Å². The van der Waals surface area contributed by atoms with Crippen LogP contribution in [-0.4, -0.2) is 12.9 Å². The van der Waals surface area contributed by atoms with Crippen LogP contribution in [0.1, 0.15) is 24.8 Å². The Morgan fingerprint density at radius 2 is 1.79 bits per heavy atom. The fourth-order valence-corrected chi connectivity index (χ4v) is 2.69. The number of ketones is 1. The van der Waals surface area contributed by atoms with Crippen LogP contribution in [0.15, 0.2) is 48.2 Å². The second-order valence-electron chi connectivity index (χ2n) is 4.84. The van der Waals surface area contributed by atoms with E-state index in [1.54, 1.807) is 7.11 Å². The number of methoxy groups -OCH3 is 1. The molecule has 0 aromatic heterocycles. The minimum atomic E-state index is 0.193. The van der Waals surface area contributed by atoms with E-state index < -0.39 is 0 Å². The Bertz CT molecular complexity index is 668. The maximum absolute atomic E-state index is 12.2. The fraction of sp³-hybridized carbons (Fsp3) is 0.235. The molecule has 0 N–H and O–H groups in total. The third kappa shape index (κ3) is 2.14. The van der Waals surface area contributed by atoms with Gasteiger partial charge in [-0.2, -0.15) is 0 Å². The molecule has 96 valence electrons. The Morgan fingerprint density at radius 1 is 1.00 bits per heavy atom. The Labute approximate surface area is 112 Å². The van der Waals surface area contributed by atoms with Crippen LogP contribution in [0.25, 0.3) is 16.3 Å². The molecular weight excluding hydrogens is 236 g/mol. The molecule has 0 saturated carbocycles. The molecule has 2 aromatic carbocycles. The summed E-state index contributed by atoms with van der Waals surface area (Å²) in [7, 11) is 1.65. The number of benzene rings is 2. The van der Waals surface area contributed by atoms with E-state index in [4.69, 9.17) is 4.74 Å². The van der Waals surface area contributed by atoms with Crippen LogP contribution >= 0.6 is 0 Å². The Balaban J connectivity index is 2.17. The quantitative estimate of drug-likeness (QED) is 0.809. The number of carbonyl (C=O) groups excluding carboxylic acids is 1. The summed E-state index contributed by atoms with van der Waals surface area (Å²) in [5, 5.41) is 2.34. The maximum Gasteiger partial charge on any atom is 0.166 e. The highest BCUT2D eigenvalue weighted by Crippen LogP contribution is 2.31. The van der Waals surface area contributed by atoms with E-state index in [2.05, 4.69) is 24.3 Å². The van der Waals surface area contributed by atoms with Crippen molar-refractivity contribution >= 4 is 22.1 Å². The van der Waals surface area contributed by atoms with Crippen LogP contribution in [0.2, 0.25) is 0 Å². The van der Waals surface area contributed by atoms with Gasteiger partial charge in [-0.1, -0.05) is 36.4 Å². The predicted octanol–water partition coefficient (Wildman–Crippen LogP) is 3.95. The lowest BCUT2D eigenvalue weighted by Crippen LogP contribution is -2.11. The zero-order valence-corrected chi connectivity index (χ0v) is 11.0. The molecule has 0 bridgehead atoms.